The summed E-state index contributed by atoms with van der Waals surface area (Å²) in [6.45, 7) is 1.75. The zero-order chi connectivity index (χ0) is 15.4. The molecule has 2 rings (SSSR count). The second-order valence-corrected chi connectivity index (χ2v) is 4.91. The van der Waals surface area contributed by atoms with Crippen LogP contribution in [0.3, 0.4) is 0 Å². The molecule has 0 bridgehead atoms. The molecule has 0 radical (unpaired) electrons. The molecule has 21 heavy (non-hydrogen) atoms. The first-order valence-electron chi connectivity index (χ1n) is 6.65. The summed E-state index contributed by atoms with van der Waals surface area (Å²) in [7, 11) is 1.53. The average Bonchev–Trinajstić information content (AvgIpc) is 2.49. The van der Waals surface area contributed by atoms with Crippen LogP contribution in [0.15, 0.2) is 53.8 Å². The monoisotopic (exact) mass is 286 g/mol. The van der Waals surface area contributed by atoms with Crippen molar-refractivity contribution in [1.29, 1.82) is 0 Å². The Morgan fingerprint density at radius 3 is 2.57 bits per heavy atom. The normalized spacial score (nSPS) is 21.9. The van der Waals surface area contributed by atoms with Crippen LogP contribution in [0, 0.1) is 5.92 Å². The number of methoxy groups -OCH3 is 1. The van der Waals surface area contributed by atoms with Gasteiger partial charge in [0, 0.05) is 0 Å². The van der Waals surface area contributed by atoms with Crippen LogP contribution in [0.25, 0.3) is 6.08 Å². The number of phenolic OH excluding ortho intramolecular Hbond substituents is 1. The highest BCUT2D eigenvalue weighted by Crippen LogP contribution is 2.25. The SMILES string of the molecule is COC1=C(C)C(O)C(C(=O)C=Cc2ccc(O)cc2)C=C1. The molecule has 1 aromatic rings. The summed E-state index contributed by atoms with van der Waals surface area (Å²) in [5, 5.41) is 19.4. The number of rotatable bonds is 4. The fraction of sp³-hybridized carbons (Fsp3) is 0.235. The number of carbonyl (C=O) groups excluding carboxylic acids is 1. The van der Waals surface area contributed by atoms with Crippen molar-refractivity contribution in [2.24, 2.45) is 5.92 Å². The lowest BCUT2D eigenvalue weighted by atomic mass is 9.87. The lowest BCUT2D eigenvalue weighted by Gasteiger charge is -2.23. The summed E-state index contributed by atoms with van der Waals surface area (Å²) in [5.74, 6) is -0.00960. The van der Waals surface area contributed by atoms with Crippen molar-refractivity contribution in [3.05, 3.63) is 59.4 Å². The van der Waals surface area contributed by atoms with Gasteiger partial charge in [-0.1, -0.05) is 24.3 Å². The molecule has 0 saturated carbocycles. The highest BCUT2D eigenvalue weighted by atomic mass is 16.5. The van der Waals surface area contributed by atoms with Crippen molar-refractivity contribution in [3.63, 3.8) is 0 Å². The Balaban J connectivity index is 2.10. The zero-order valence-corrected chi connectivity index (χ0v) is 12.0. The molecule has 2 atom stereocenters. The van der Waals surface area contributed by atoms with Crippen molar-refractivity contribution in [3.8, 4) is 5.75 Å². The van der Waals surface area contributed by atoms with Crippen LogP contribution in [-0.2, 0) is 9.53 Å². The van der Waals surface area contributed by atoms with Crippen molar-refractivity contribution in [2.45, 2.75) is 13.0 Å². The van der Waals surface area contributed by atoms with Crippen molar-refractivity contribution < 1.29 is 19.7 Å². The van der Waals surface area contributed by atoms with E-state index in [-0.39, 0.29) is 11.5 Å². The zero-order valence-electron chi connectivity index (χ0n) is 12.0. The Kier molecular flexibility index (Phi) is 4.60. The Morgan fingerprint density at radius 1 is 1.29 bits per heavy atom. The van der Waals surface area contributed by atoms with Crippen LogP contribution < -0.4 is 0 Å². The molecule has 110 valence electrons. The van der Waals surface area contributed by atoms with Crippen molar-refractivity contribution in [1.82, 2.24) is 0 Å². The summed E-state index contributed by atoms with van der Waals surface area (Å²) < 4.78 is 5.12. The number of aromatic hydroxyl groups is 1. The number of benzene rings is 1. The van der Waals surface area contributed by atoms with Gasteiger partial charge in [-0.15, -0.1) is 0 Å². The highest BCUT2D eigenvalue weighted by Gasteiger charge is 2.28. The molecule has 0 spiro atoms. The maximum absolute atomic E-state index is 12.2. The van der Waals surface area contributed by atoms with Crippen LogP contribution in [0.1, 0.15) is 12.5 Å². The number of allylic oxidation sites excluding steroid dienone is 2. The fourth-order valence-electron chi connectivity index (χ4n) is 2.20. The smallest absolute Gasteiger partial charge is 0.165 e. The number of ketones is 1. The molecule has 1 aliphatic carbocycles. The number of hydrogen-bond acceptors (Lipinski definition) is 4. The third-order valence-corrected chi connectivity index (χ3v) is 3.51. The number of phenols is 1. The molecule has 0 amide bonds. The highest BCUT2D eigenvalue weighted by molar-refractivity contribution is 5.97. The van der Waals surface area contributed by atoms with E-state index in [0.29, 0.717) is 11.3 Å². The maximum Gasteiger partial charge on any atom is 0.165 e. The predicted molar refractivity (Wildman–Crippen MR) is 80.5 cm³/mol. The first kappa shape index (κ1) is 15.1. The van der Waals surface area contributed by atoms with Crippen LogP contribution >= 0.6 is 0 Å². The lowest BCUT2D eigenvalue weighted by molar-refractivity contribution is -0.119. The van der Waals surface area contributed by atoms with Gasteiger partial charge in [0.25, 0.3) is 0 Å². The molecule has 1 aliphatic rings. The van der Waals surface area contributed by atoms with Crippen LogP contribution in [0.2, 0.25) is 0 Å². The van der Waals surface area contributed by atoms with E-state index in [0.717, 1.165) is 5.56 Å². The number of aliphatic hydroxyl groups excluding tert-OH is 1. The molecule has 0 saturated heterocycles. The predicted octanol–water partition coefficient (Wildman–Crippen LogP) is 2.44. The van der Waals surface area contributed by atoms with E-state index in [2.05, 4.69) is 0 Å². The Bertz CT molecular complexity index is 608. The van der Waals surface area contributed by atoms with E-state index in [4.69, 9.17) is 4.74 Å². The molecule has 0 aliphatic heterocycles. The second kappa shape index (κ2) is 6.41. The molecule has 2 unspecified atom stereocenters. The van der Waals surface area contributed by atoms with E-state index in [9.17, 15) is 15.0 Å². The van der Waals surface area contributed by atoms with Gasteiger partial charge in [-0.25, -0.2) is 0 Å². The third-order valence-electron chi connectivity index (χ3n) is 3.51. The van der Waals surface area contributed by atoms with Gasteiger partial charge in [-0.2, -0.15) is 0 Å². The molecule has 1 aromatic carbocycles. The number of ether oxygens (including phenoxy) is 1. The minimum Gasteiger partial charge on any atom is -0.508 e. The summed E-state index contributed by atoms with van der Waals surface area (Å²) in [6, 6.07) is 6.52. The Labute approximate surface area is 123 Å². The summed E-state index contributed by atoms with van der Waals surface area (Å²) in [4.78, 5) is 12.2. The van der Waals surface area contributed by atoms with Crippen LogP contribution in [0.4, 0.5) is 0 Å². The van der Waals surface area contributed by atoms with Gasteiger partial charge in [0.1, 0.15) is 11.5 Å². The molecule has 4 nitrogen and oxygen atoms in total. The van der Waals surface area contributed by atoms with E-state index < -0.39 is 12.0 Å². The van der Waals surface area contributed by atoms with Crippen LogP contribution in [0.5, 0.6) is 5.75 Å². The topological polar surface area (TPSA) is 66.8 Å². The fourth-order valence-corrected chi connectivity index (χ4v) is 2.20. The molecule has 2 N–H and O–H groups in total. The first-order valence-corrected chi connectivity index (χ1v) is 6.65. The molecular formula is C17H18O4. The molecule has 0 aromatic heterocycles. The number of aliphatic hydroxyl groups is 1. The van der Waals surface area contributed by atoms with Crippen molar-refractivity contribution in [2.75, 3.05) is 7.11 Å². The third kappa shape index (κ3) is 3.41. The maximum atomic E-state index is 12.2. The van der Waals surface area contributed by atoms with Gasteiger partial charge in [0.15, 0.2) is 5.78 Å². The van der Waals surface area contributed by atoms with E-state index in [1.54, 1.807) is 49.4 Å². The number of hydrogen-bond donors (Lipinski definition) is 2. The standard InChI is InChI=1S/C17H18O4/c1-11-16(21-2)10-8-14(17(11)20)15(19)9-5-12-3-6-13(18)7-4-12/h3-10,14,17-18,20H,1-2H3. The molecular weight excluding hydrogens is 268 g/mol. The Hall–Kier alpha value is -2.33. The van der Waals surface area contributed by atoms with Gasteiger partial charge in [-0.05, 0) is 42.3 Å². The molecule has 0 fully saturated rings. The summed E-state index contributed by atoms with van der Waals surface area (Å²) in [6.07, 6.45) is 5.59. The van der Waals surface area contributed by atoms with Gasteiger partial charge >= 0.3 is 0 Å². The number of carbonyl (C=O) groups is 1. The quantitative estimate of drug-likeness (QED) is 0.834. The van der Waals surface area contributed by atoms with Crippen molar-refractivity contribution >= 4 is 11.9 Å². The summed E-state index contributed by atoms with van der Waals surface area (Å²) >= 11 is 0. The second-order valence-electron chi connectivity index (χ2n) is 4.91. The minimum atomic E-state index is -0.873. The van der Waals surface area contributed by atoms with Gasteiger partial charge in [-0.3, -0.25) is 4.79 Å². The van der Waals surface area contributed by atoms with Crippen LogP contribution in [-0.4, -0.2) is 29.2 Å². The minimum absolute atomic E-state index is 0.178. The molecule has 0 heterocycles. The van der Waals surface area contributed by atoms with E-state index >= 15 is 0 Å². The van der Waals surface area contributed by atoms with Gasteiger partial charge in [0.2, 0.25) is 0 Å². The lowest BCUT2D eigenvalue weighted by Crippen LogP contribution is -2.29. The van der Waals surface area contributed by atoms with E-state index in [1.165, 1.54) is 13.2 Å². The first-order chi connectivity index (χ1) is 10.0. The van der Waals surface area contributed by atoms with E-state index in [1.807, 2.05) is 0 Å². The Morgan fingerprint density at radius 2 is 1.95 bits per heavy atom. The average molecular weight is 286 g/mol. The van der Waals surface area contributed by atoms with Gasteiger partial charge < -0.3 is 14.9 Å². The largest absolute Gasteiger partial charge is 0.508 e. The van der Waals surface area contributed by atoms with Gasteiger partial charge in [0.05, 0.1) is 19.1 Å². The molecule has 4 heteroatoms. The summed E-state index contributed by atoms with van der Waals surface area (Å²) in [5.41, 5.74) is 1.46.